The van der Waals surface area contributed by atoms with Gasteiger partial charge in [0.2, 0.25) is 0 Å². The standard InChI is InChI=1S/C18H22N2O3S/c1-13(2)11-20(9-8-17(21)22)18(23)15-12-24-16(19-15)10-14-6-4-3-5-7-14/h3-7,12-13H,8-11H2,1-2H3,(H,21,22). The van der Waals surface area contributed by atoms with Gasteiger partial charge in [-0.2, -0.15) is 0 Å². The monoisotopic (exact) mass is 346 g/mol. The number of rotatable bonds is 8. The highest BCUT2D eigenvalue weighted by Gasteiger charge is 2.20. The van der Waals surface area contributed by atoms with Crippen molar-refractivity contribution in [3.63, 3.8) is 0 Å². The van der Waals surface area contributed by atoms with Gasteiger partial charge in [-0.05, 0) is 11.5 Å². The SMILES string of the molecule is CC(C)CN(CCC(=O)O)C(=O)c1csc(Cc2ccccc2)n1. The molecule has 24 heavy (non-hydrogen) atoms. The quantitative estimate of drug-likeness (QED) is 0.796. The summed E-state index contributed by atoms with van der Waals surface area (Å²) in [5.74, 6) is -0.828. The van der Waals surface area contributed by atoms with E-state index in [1.54, 1.807) is 10.3 Å². The van der Waals surface area contributed by atoms with Gasteiger partial charge in [0.1, 0.15) is 5.69 Å². The third kappa shape index (κ3) is 5.45. The molecule has 1 aromatic heterocycles. The number of aliphatic carboxylic acids is 1. The Hall–Kier alpha value is -2.21. The van der Waals surface area contributed by atoms with Crippen LogP contribution in [0.2, 0.25) is 0 Å². The third-order valence-corrected chi connectivity index (χ3v) is 4.29. The van der Waals surface area contributed by atoms with E-state index >= 15 is 0 Å². The molecule has 2 rings (SSSR count). The molecule has 1 aromatic carbocycles. The highest BCUT2D eigenvalue weighted by molar-refractivity contribution is 7.09. The molecular weight excluding hydrogens is 324 g/mol. The summed E-state index contributed by atoms with van der Waals surface area (Å²) in [6, 6.07) is 9.98. The fraction of sp³-hybridized carbons (Fsp3) is 0.389. The maximum Gasteiger partial charge on any atom is 0.305 e. The summed E-state index contributed by atoms with van der Waals surface area (Å²) in [4.78, 5) is 29.5. The zero-order chi connectivity index (χ0) is 17.5. The van der Waals surface area contributed by atoms with Gasteiger partial charge in [0.25, 0.3) is 5.91 Å². The first-order chi connectivity index (χ1) is 11.5. The minimum atomic E-state index is -0.903. The van der Waals surface area contributed by atoms with Crippen molar-refractivity contribution in [3.05, 3.63) is 52.0 Å². The van der Waals surface area contributed by atoms with E-state index in [0.717, 1.165) is 10.6 Å². The van der Waals surface area contributed by atoms with Crippen LogP contribution < -0.4 is 0 Å². The molecule has 1 heterocycles. The number of hydrogen-bond acceptors (Lipinski definition) is 4. The van der Waals surface area contributed by atoms with Crippen LogP contribution in [-0.2, 0) is 11.2 Å². The predicted molar refractivity (Wildman–Crippen MR) is 94.4 cm³/mol. The van der Waals surface area contributed by atoms with Gasteiger partial charge in [-0.15, -0.1) is 11.3 Å². The van der Waals surface area contributed by atoms with Gasteiger partial charge < -0.3 is 10.0 Å². The number of aromatic nitrogens is 1. The van der Waals surface area contributed by atoms with Crippen molar-refractivity contribution >= 4 is 23.2 Å². The minimum absolute atomic E-state index is 0.0561. The van der Waals surface area contributed by atoms with Crippen molar-refractivity contribution < 1.29 is 14.7 Å². The molecule has 0 aliphatic rings. The smallest absolute Gasteiger partial charge is 0.305 e. The molecule has 0 bridgehead atoms. The summed E-state index contributed by atoms with van der Waals surface area (Å²) in [5.41, 5.74) is 1.55. The largest absolute Gasteiger partial charge is 0.481 e. The Morgan fingerprint density at radius 3 is 2.58 bits per heavy atom. The lowest BCUT2D eigenvalue weighted by molar-refractivity contribution is -0.137. The van der Waals surface area contributed by atoms with Gasteiger partial charge in [-0.3, -0.25) is 9.59 Å². The summed E-state index contributed by atoms with van der Waals surface area (Å²) in [7, 11) is 0. The van der Waals surface area contributed by atoms with Crippen molar-refractivity contribution in [2.24, 2.45) is 5.92 Å². The lowest BCUT2D eigenvalue weighted by Crippen LogP contribution is -2.36. The number of carboxylic acids is 1. The van der Waals surface area contributed by atoms with Crippen LogP contribution in [0.4, 0.5) is 0 Å². The second-order valence-corrected chi connectivity index (χ2v) is 7.02. The summed E-state index contributed by atoms with van der Waals surface area (Å²) >= 11 is 1.46. The predicted octanol–water partition coefficient (Wildman–Crippen LogP) is 3.31. The van der Waals surface area contributed by atoms with Crippen LogP contribution in [0.3, 0.4) is 0 Å². The van der Waals surface area contributed by atoms with Crippen LogP contribution in [0.5, 0.6) is 0 Å². The molecule has 0 spiro atoms. The number of amides is 1. The van der Waals surface area contributed by atoms with E-state index < -0.39 is 5.97 Å². The molecule has 128 valence electrons. The Morgan fingerprint density at radius 1 is 1.25 bits per heavy atom. The van der Waals surface area contributed by atoms with Crippen LogP contribution >= 0.6 is 11.3 Å². The van der Waals surface area contributed by atoms with Gasteiger partial charge in [0.15, 0.2) is 0 Å². The minimum Gasteiger partial charge on any atom is -0.481 e. The molecule has 0 radical (unpaired) electrons. The normalized spacial score (nSPS) is 10.8. The Bertz CT molecular complexity index is 683. The first kappa shape index (κ1) is 18.1. The lowest BCUT2D eigenvalue weighted by Gasteiger charge is -2.23. The summed E-state index contributed by atoms with van der Waals surface area (Å²) in [6.45, 7) is 4.74. The number of carboxylic acid groups (broad SMARTS) is 1. The highest BCUT2D eigenvalue weighted by atomic mass is 32.1. The second kappa shape index (κ2) is 8.59. The van der Waals surface area contributed by atoms with Gasteiger partial charge >= 0.3 is 5.97 Å². The van der Waals surface area contributed by atoms with Crippen molar-refractivity contribution in [1.29, 1.82) is 0 Å². The summed E-state index contributed by atoms with van der Waals surface area (Å²) < 4.78 is 0. The Balaban J connectivity index is 2.07. The van der Waals surface area contributed by atoms with E-state index in [0.29, 0.717) is 18.7 Å². The number of benzene rings is 1. The molecule has 0 aliphatic carbocycles. The molecule has 0 unspecified atom stereocenters. The van der Waals surface area contributed by atoms with Gasteiger partial charge in [-0.1, -0.05) is 44.2 Å². The average Bonchev–Trinajstić information content (AvgIpc) is 2.99. The number of carbonyl (C=O) groups is 2. The van der Waals surface area contributed by atoms with E-state index in [1.165, 1.54) is 11.3 Å². The number of nitrogens with zero attached hydrogens (tertiary/aromatic N) is 2. The van der Waals surface area contributed by atoms with Gasteiger partial charge in [0, 0.05) is 24.9 Å². The molecule has 2 aromatic rings. The average molecular weight is 346 g/mol. The lowest BCUT2D eigenvalue weighted by atomic mass is 10.2. The number of hydrogen-bond donors (Lipinski definition) is 1. The molecule has 0 saturated heterocycles. The first-order valence-corrected chi connectivity index (χ1v) is 8.83. The Kier molecular flexibility index (Phi) is 6.49. The summed E-state index contributed by atoms with van der Waals surface area (Å²) in [6.07, 6.45) is 0.636. The molecule has 0 fully saturated rings. The molecule has 0 aliphatic heterocycles. The molecule has 1 amide bonds. The Morgan fingerprint density at radius 2 is 1.96 bits per heavy atom. The summed E-state index contributed by atoms with van der Waals surface area (Å²) in [5, 5.41) is 11.5. The van der Waals surface area contributed by atoms with E-state index in [4.69, 9.17) is 5.11 Å². The van der Waals surface area contributed by atoms with Crippen LogP contribution in [0.1, 0.15) is 41.3 Å². The third-order valence-electron chi connectivity index (χ3n) is 3.44. The topological polar surface area (TPSA) is 70.5 Å². The van der Waals surface area contributed by atoms with Crippen LogP contribution in [0.25, 0.3) is 0 Å². The van der Waals surface area contributed by atoms with E-state index in [2.05, 4.69) is 4.98 Å². The van der Waals surface area contributed by atoms with E-state index in [9.17, 15) is 9.59 Å². The maximum absolute atomic E-state index is 12.6. The second-order valence-electron chi connectivity index (χ2n) is 6.08. The molecule has 5 nitrogen and oxygen atoms in total. The van der Waals surface area contributed by atoms with Gasteiger partial charge in [0.05, 0.1) is 11.4 Å². The van der Waals surface area contributed by atoms with Crippen LogP contribution in [0.15, 0.2) is 35.7 Å². The highest BCUT2D eigenvalue weighted by Crippen LogP contribution is 2.17. The van der Waals surface area contributed by atoms with Crippen molar-refractivity contribution in [3.8, 4) is 0 Å². The van der Waals surface area contributed by atoms with Crippen LogP contribution in [-0.4, -0.2) is 40.0 Å². The van der Waals surface area contributed by atoms with E-state index in [1.807, 2.05) is 44.2 Å². The molecule has 0 saturated carbocycles. The fourth-order valence-electron chi connectivity index (χ4n) is 2.37. The van der Waals surface area contributed by atoms with Crippen molar-refractivity contribution in [2.75, 3.05) is 13.1 Å². The van der Waals surface area contributed by atoms with Crippen LogP contribution in [0, 0.1) is 5.92 Å². The Labute approximate surface area is 146 Å². The van der Waals surface area contributed by atoms with Crippen molar-refractivity contribution in [1.82, 2.24) is 9.88 Å². The number of carbonyl (C=O) groups excluding carboxylic acids is 1. The zero-order valence-corrected chi connectivity index (χ0v) is 14.8. The van der Waals surface area contributed by atoms with Crippen molar-refractivity contribution in [2.45, 2.75) is 26.7 Å². The fourth-order valence-corrected chi connectivity index (χ4v) is 3.17. The molecule has 1 N–H and O–H groups in total. The zero-order valence-electron chi connectivity index (χ0n) is 13.9. The maximum atomic E-state index is 12.6. The molecule has 6 heteroatoms. The molecular formula is C18H22N2O3S. The molecule has 0 atom stereocenters. The first-order valence-electron chi connectivity index (χ1n) is 7.95. The van der Waals surface area contributed by atoms with E-state index in [-0.39, 0.29) is 24.8 Å². The number of thiazole rings is 1. The van der Waals surface area contributed by atoms with Gasteiger partial charge in [-0.25, -0.2) is 4.98 Å².